The van der Waals surface area contributed by atoms with E-state index in [2.05, 4.69) is 10.4 Å². The lowest BCUT2D eigenvalue weighted by Crippen LogP contribution is -2.17. The number of nitrogens with zero attached hydrogens (tertiary/aromatic N) is 4. The van der Waals surface area contributed by atoms with E-state index < -0.39 is 0 Å². The molecule has 0 amide bonds. The average Bonchev–Trinajstić information content (AvgIpc) is 2.72. The maximum Gasteiger partial charge on any atom is 0.155 e. The maximum absolute atomic E-state index is 10.9. The van der Waals surface area contributed by atoms with Crippen LogP contribution in [0.5, 0.6) is 0 Å². The standard InChI is InChI=1S/C8H12N4O2/c13-7-1-3-11(5-7)9-10-12-4-2-8(14)6-12/h1-6H2/b10-9+. The Bertz CT molecular complexity index is 261. The molecule has 0 N–H and O–H groups in total. The van der Waals surface area contributed by atoms with Crippen molar-refractivity contribution in [3.63, 3.8) is 0 Å². The van der Waals surface area contributed by atoms with Gasteiger partial charge in [0, 0.05) is 25.9 Å². The third-order valence-corrected chi connectivity index (χ3v) is 2.31. The fourth-order valence-electron chi connectivity index (χ4n) is 1.50. The van der Waals surface area contributed by atoms with Crippen LogP contribution in [0, 0.1) is 0 Å². The molecule has 14 heavy (non-hydrogen) atoms. The molecule has 6 nitrogen and oxygen atoms in total. The zero-order valence-electron chi connectivity index (χ0n) is 7.85. The van der Waals surface area contributed by atoms with Crippen molar-refractivity contribution < 1.29 is 9.59 Å². The van der Waals surface area contributed by atoms with Crippen molar-refractivity contribution in [2.45, 2.75) is 12.8 Å². The van der Waals surface area contributed by atoms with E-state index in [9.17, 15) is 9.59 Å². The highest BCUT2D eigenvalue weighted by Gasteiger charge is 2.20. The molecule has 0 radical (unpaired) electrons. The van der Waals surface area contributed by atoms with Crippen molar-refractivity contribution in [2.75, 3.05) is 26.2 Å². The first-order valence-electron chi connectivity index (χ1n) is 4.69. The van der Waals surface area contributed by atoms with Crippen molar-refractivity contribution >= 4 is 11.6 Å². The van der Waals surface area contributed by atoms with Gasteiger partial charge in [-0.3, -0.25) is 19.6 Å². The van der Waals surface area contributed by atoms with Crippen molar-refractivity contribution in [1.82, 2.24) is 10.0 Å². The van der Waals surface area contributed by atoms with E-state index in [0.29, 0.717) is 39.0 Å². The summed E-state index contributed by atoms with van der Waals surface area (Å²) < 4.78 is 0. The Morgan fingerprint density at radius 2 is 1.29 bits per heavy atom. The number of ketones is 2. The largest absolute Gasteiger partial charge is 0.298 e. The molecule has 0 saturated carbocycles. The Hall–Kier alpha value is -1.46. The van der Waals surface area contributed by atoms with Crippen LogP contribution >= 0.6 is 0 Å². The maximum atomic E-state index is 10.9. The van der Waals surface area contributed by atoms with Gasteiger partial charge in [-0.05, 0) is 0 Å². The van der Waals surface area contributed by atoms with E-state index in [-0.39, 0.29) is 11.6 Å². The summed E-state index contributed by atoms with van der Waals surface area (Å²) in [5.74, 6) is 0.392. The van der Waals surface area contributed by atoms with Gasteiger partial charge in [0.05, 0.1) is 13.1 Å². The number of carbonyl (C=O) groups excluding carboxylic acids is 2. The number of hydrogen-bond acceptors (Lipinski definition) is 4. The molecular formula is C8H12N4O2. The monoisotopic (exact) mass is 196 g/mol. The summed E-state index contributed by atoms with van der Waals surface area (Å²) in [5.41, 5.74) is 0. The number of hydrogen-bond donors (Lipinski definition) is 0. The van der Waals surface area contributed by atoms with Crippen molar-refractivity contribution in [3.8, 4) is 0 Å². The van der Waals surface area contributed by atoms with E-state index in [1.807, 2.05) is 0 Å². The second-order valence-corrected chi connectivity index (χ2v) is 3.53. The lowest BCUT2D eigenvalue weighted by atomic mass is 10.4. The Kier molecular flexibility index (Phi) is 2.43. The molecule has 0 aliphatic carbocycles. The van der Waals surface area contributed by atoms with E-state index in [4.69, 9.17) is 0 Å². The molecule has 2 aliphatic heterocycles. The molecule has 2 saturated heterocycles. The fraction of sp³-hybridized carbons (Fsp3) is 0.750. The van der Waals surface area contributed by atoms with E-state index in [1.165, 1.54) is 0 Å². The van der Waals surface area contributed by atoms with Crippen LogP contribution in [0.2, 0.25) is 0 Å². The van der Waals surface area contributed by atoms with Crippen LogP contribution in [0.25, 0.3) is 0 Å². The molecule has 2 heterocycles. The van der Waals surface area contributed by atoms with Gasteiger partial charge in [-0.25, -0.2) is 0 Å². The van der Waals surface area contributed by atoms with Gasteiger partial charge in [-0.1, -0.05) is 10.4 Å². The quantitative estimate of drug-likeness (QED) is 0.574. The normalized spacial score (nSPS) is 23.1. The Balaban J connectivity index is 1.82. The molecule has 2 rings (SSSR count). The van der Waals surface area contributed by atoms with Crippen LogP contribution in [0.4, 0.5) is 0 Å². The minimum atomic E-state index is 0.196. The highest BCUT2D eigenvalue weighted by molar-refractivity contribution is 5.82. The van der Waals surface area contributed by atoms with Crippen molar-refractivity contribution in [1.29, 1.82) is 0 Å². The predicted octanol–water partition coefficient (Wildman–Crippen LogP) is -0.182. The molecule has 0 unspecified atom stereocenters. The van der Waals surface area contributed by atoms with E-state index in [1.54, 1.807) is 10.0 Å². The number of rotatable bonds is 2. The summed E-state index contributed by atoms with van der Waals surface area (Å²) in [6.45, 7) is 1.99. The van der Waals surface area contributed by atoms with E-state index in [0.717, 1.165) is 0 Å². The fourth-order valence-corrected chi connectivity index (χ4v) is 1.50. The summed E-state index contributed by atoms with van der Waals surface area (Å²) >= 11 is 0. The van der Waals surface area contributed by atoms with Gasteiger partial charge in [0.1, 0.15) is 0 Å². The SMILES string of the molecule is O=C1CCN(/N=N/N2CCC(=O)C2)C1. The van der Waals surface area contributed by atoms with Gasteiger partial charge in [0.2, 0.25) is 0 Å². The average molecular weight is 196 g/mol. The molecule has 2 aliphatic rings. The molecule has 0 spiro atoms. The van der Waals surface area contributed by atoms with Gasteiger partial charge in [-0.15, -0.1) is 0 Å². The van der Waals surface area contributed by atoms with Crippen LogP contribution in [-0.2, 0) is 9.59 Å². The molecule has 2 fully saturated rings. The van der Waals surface area contributed by atoms with Crippen LogP contribution in [0.15, 0.2) is 10.4 Å². The smallest absolute Gasteiger partial charge is 0.155 e. The first-order chi connectivity index (χ1) is 6.74. The summed E-state index contributed by atoms with van der Waals surface area (Å²) in [5, 5.41) is 11.1. The van der Waals surface area contributed by atoms with Crippen LogP contribution in [-0.4, -0.2) is 47.8 Å². The third-order valence-electron chi connectivity index (χ3n) is 2.31. The second kappa shape index (κ2) is 3.73. The molecule has 6 heteroatoms. The van der Waals surface area contributed by atoms with Gasteiger partial charge < -0.3 is 0 Å². The topological polar surface area (TPSA) is 65.3 Å². The minimum absolute atomic E-state index is 0.196. The Labute approximate surface area is 81.5 Å². The van der Waals surface area contributed by atoms with E-state index >= 15 is 0 Å². The van der Waals surface area contributed by atoms with Gasteiger partial charge in [0.25, 0.3) is 0 Å². The summed E-state index contributed by atoms with van der Waals surface area (Å²) in [6.07, 6.45) is 1.11. The molecular weight excluding hydrogens is 184 g/mol. The van der Waals surface area contributed by atoms with Gasteiger partial charge >= 0.3 is 0 Å². The van der Waals surface area contributed by atoms with Crippen molar-refractivity contribution in [3.05, 3.63) is 0 Å². The lowest BCUT2D eigenvalue weighted by Gasteiger charge is -2.10. The first kappa shape index (κ1) is 9.11. The van der Waals surface area contributed by atoms with Crippen molar-refractivity contribution in [2.24, 2.45) is 10.4 Å². The number of carbonyl (C=O) groups is 2. The third kappa shape index (κ3) is 2.07. The Morgan fingerprint density at radius 1 is 0.857 bits per heavy atom. The summed E-state index contributed by atoms with van der Waals surface area (Å²) in [4.78, 5) is 21.8. The van der Waals surface area contributed by atoms with Gasteiger partial charge in [0.15, 0.2) is 11.6 Å². The summed E-state index contributed by atoms with van der Waals surface area (Å²) in [6, 6.07) is 0. The second-order valence-electron chi connectivity index (χ2n) is 3.53. The molecule has 0 atom stereocenters. The molecule has 0 aromatic heterocycles. The molecule has 0 aromatic carbocycles. The molecule has 76 valence electrons. The first-order valence-corrected chi connectivity index (χ1v) is 4.69. The highest BCUT2D eigenvalue weighted by Crippen LogP contribution is 2.08. The zero-order valence-corrected chi connectivity index (χ0v) is 7.85. The zero-order chi connectivity index (χ0) is 9.97. The minimum Gasteiger partial charge on any atom is -0.298 e. The number of Topliss-reactive ketones (excluding diaryl/α,β-unsaturated/α-hetero) is 2. The van der Waals surface area contributed by atoms with Gasteiger partial charge in [-0.2, -0.15) is 0 Å². The highest BCUT2D eigenvalue weighted by atomic mass is 16.1. The summed E-state index contributed by atoms with van der Waals surface area (Å²) in [7, 11) is 0. The Morgan fingerprint density at radius 3 is 1.57 bits per heavy atom. The predicted molar refractivity (Wildman–Crippen MR) is 47.3 cm³/mol. The van der Waals surface area contributed by atoms with Crippen LogP contribution < -0.4 is 0 Å². The van der Waals surface area contributed by atoms with Crippen LogP contribution in [0.3, 0.4) is 0 Å². The van der Waals surface area contributed by atoms with Crippen LogP contribution in [0.1, 0.15) is 12.8 Å². The lowest BCUT2D eigenvalue weighted by molar-refractivity contribution is -0.118. The molecule has 0 aromatic rings. The molecule has 0 bridgehead atoms.